The van der Waals surface area contributed by atoms with Crippen molar-refractivity contribution in [3.05, 3.63) is 76.9 Å². The number of hydrogen-bond donors (Lipinski definition) is 2. The Bertz CT molecular complexity index is 1110. The summed E-state index contributed by atoms with van der Waals surface area (Å²) in [5, 5.41) is 9.05. The van der Waals surface area contributed by atoms with Gasteiger partial charge < -0.3 is 15.7 Å². The number of rotatable bonds is 9. The van der Waals surface area contributed by atoms with E-state index in [9.17, 15) is 14.4 Å². The summed E-state index contributed by atoms with van der Waals surface area (Å²) in [6.45, 7) is 1.81. The average molecular weight is 475 g/mol. The Morgan fingerprint density at radius 3 is 2.31 bits per heavy atom. The number of anilines is 1. The van der Waals surface area contributed by atoms with Crippen LogP contribution in [0.1, 0.15) is 42.9 Å². The first-order valence-corrected chi connectivity index (χ1v) is 12.0. The minimum Gasteiger partial charge on any atom is -0.480 e. The van der Waals surface area contributed by atoms with Gasteiger partial charge in [0, 0.05) is 19.8 Å². The first-order valence-electron chi connectivity index (χ1n) is 12.0. The average Bonchev–Trinajstić information content (AvgIpc) is 2.84. The molecule has 0 bridgehead atoms. The van der Waals surface area contributed by atoms with Crippen LogP contribution >= 0.6 is 0 Å². The predicted molar refractivity (Wildman–Crippen MR) is 140 cm³/mol. The molecule has 1 saturated carbocycles. The van der Waals surface area contributed by atoms with Crippen LogP contribution in [0.2, 0.25) is 0 Å². The van der Waals surface area contributed by atoms with E-state index < -0.39 is 17.9 Å². The maximum absolute atomic E-state index is 13.0. The zero-order valence-corrected chi connectivity index (χ0v) is 20.6. The Hall–Kier alpha value is -3.51. The molecule has 3 N–H and O–H groups in total. The highest BCUT2D eigenvalue weighted by Crippen LogP contribution is 2.28. The highest BCUT2D eigenvalue weighted by molar-refractivity contribution is 6.16. The van der Waals surface area contributed by atoms with Gasteiger partial charge in [0.25, 0.3) is 0 Å². The van der Waals surface area contributed by atoms with Crippen LogP contribution in [-0.4, -0.2) is 42.8 Å². The number of carbonyl (C=O) groups is 3. The summed E-state index contributed by atoms with van der Waals surface area (Å²) < 4.78 is 0. The second-order valence-electron chi connectivity index (χ2n) is 9.49. The Morgan fingerprint density at radius 2 is 1.71 bits per heavy atom. The highest BCUT2D eigenvalue weighted by atomic mass is 16.4. The molecule has 6 heteroatoms. The summed E-state index contributed by atoms with van der Waals surface area (Å²) in [4.78, 5) is 38.9. The topological polar surface area (TPSA) is 101 Å². The quantitative estimate of drug-likeness (QED) is 0.413. The van der Waals surface area contributed by atoms with Gasteiger partial charge in [-0.05, 0) is 78.1 Å². The van der Waals surface area contributed by atoms with Crippen LogP contribution in [0, 0.1) is 11.8 Å². The number of allylic oxidation sites excluding steroid dienone is 2. The normalized spacial score (nSPS) is 19.0. The first-order chi connectivity index (χ1) is 16.7. The van der Waals surface area contributed by atoms with Gasteiger partial charge in [-0.15, -0.1) is 0 Å². The molecule has 2 aromatic carbocycles. The minimum absolute atomic E-state index is 0.0818. The molecule has 0 radical (unpaired) electrons. The highest BCUT2D eigenvalue weighted by Gasteiger charge is 2.30. The zero-order chi connectivity index (χ0) is 25.5. The van der Waals surface area contributed by atoms with Gasteiger partial charge in [-0.3, -0.25) is 14.4 Å². The molecular weight excluding hydrogens is 440 g/mol. The Balaban J connectivity index is 1.63. The lowest BCUT2D eigenvalue weighted by molar-refractivity contribution is -0.139. The van der Waals surface area contributed by atoms with Crippen molar-refractivity contribution in [1.29, 1.82) is 0 Å². The predicted octanol–water partition coefficient (Wildman–Crippen LogP) is 4.38. The van der Waals surface area contributed by atoms with Crippen LogP contribution in [0.15, 0.2) is 60.2 Å². The molecule has 3 unspecified atom stereocenters. The first kappa shape index (κ1) is 26.1. The second-order valence-corrected chi connectivity index (χ2v) is 9.49. The molecule has 0 aromatic heterocycles. The third-order valence-corrected chi connectivity index (χ3v) is 6.54. The SMILES string of the molecule is CC(Cc1ccc(C=CC(=O)C2CCCC(=Cc3ccc(N(C)C)cc3)C2=O)cc1)C(N)C(=O)O. The molecule has 35 heavy (non-hydrogen) atoms. The van der Waals surface area contributed by atoms with Gasteiger partial charge in [-0.25, -0.2) is 0 Å². The van der Waals surface area contributed by atoms with E-state index in [0.717, 1.165) is 28.8 Å². The number of ketones is 2. The van der Waals surface area contributed by atoms with Crippen molar-refractivity contribution in [1.82, 2.24) is 0 Å². The summed E-state index contributed by atoms with van der Waals surface area (Å²) in [5.74, 6) is -2.09. The van der Waals surface area contributed by atoms with Gasteiger partial charge in [0.2, 0.25) is 0 Å². The van der Waals surface area contributed by atoms with Crippen LogP contribution in [0.25, 0.3) is 12.2 Å². The standard InChI is InChI=1S/C29H34N2O4/c1-19(27(30)29(34)35)17-21-9-7-20(8-10-21)13-16-26(32)25-6-4-5-23(28(25)33)18-22-11-14-24(15-12-22)31(2)3/h7-16,18-19,25,27H,4-6,17,30H2,1-3H3,(H,34,35). The van der Waals surface area contributed by atoms with Gasteiger partial charge in [0.05, 0.1) is 5.92 Å². The molecule has 3 rings (SSSR count). The summed E-state index contributed by atoms with van der Waals surface area (Å²) in [6, 6.07) is 14.7. The number of aliphatic carboxylic acids is 1. The van der Waals surface area contributed by atoms with E-state index in [-0.39, 0.29) is 17.5 Å². The van der Waals surface area contributed by atoms with Gasteiger partial charge >= 0.3 is 5.97 Å². The van der Waals surface area contributed by atoms with Crippen LogP contribution in [0.5, 0.6) is 0 Å². The van der Waals surface area contributed by atoms with Gasteiger partial charge in [0.1, 0.15) is 6.04 Å². The molecule has 0 saturated heterocycles. The lowest BCUT2D eigenvalue weighted by Gasteiger charge is -2.21. The smallest absolute Gasteiger partial charge is 0.320 e. The molecule has 1 aliphatic carbocycles. The van der Waals surface area contributed by atoms with E-state index >= 15 is 0 Å². The van der Waals surface area contributed by atoms with Gasteiger partial charge in [-0.2, -0.15) is 0 Å². The third kappa shape index (κ3) is 6.99. The van der Waals surface area contributed by atoms with E-state index in [4.69, 9.17) is 10.8 Å². The van der Waals surface area contributed by atoms with Crippen molar-refractivity contribution in [3.63, 3.8) is 0 Å². The fourth-order valence-electron chi connectivity index (χ4n) is 4.26. The number of nitrogens with zero attached hydrogens (tertiary/aromatic N) is 1. The van der Waals surface area contributed by atoms with E-state index in [1.54, 1.807) is 6.08 Å². The Kier molecular flexibility index (Phi) is 8.77. The lowest BCUT2D eigenvalue weighted by atomic mass is 9.81. The van der Waals surface area contributed by atoms with Crippen molar-refractivity contribution in [3.8, 4) is 0 Å². The number of carboxylic acids is 1. The number of hydrogen-bond acceptors (Lipinski definition) is 5. The van der Waals surface area contributed by atoms with Crippen LogP contribution in [-0.2, 0) is 20.8 Å². The largest absolute Gasteiger partial charge is 0.480 e. The maximum atomic E-state index is 13.0. The van der Waals surface area contributed by atoms with E-state index in [1.165, 1.54) is 6.08 Å². The number of carboxylic acid groups (broad SMARTS) is 1. The van der Waals surface area contributed by atoms with Crippen molar-refractivity contribution in [2.45, 2.75) is 38.6 Å². The molecule has 6 nitrogen and oxygen atoms in total. The van der Waals surface area contributed by atoms with E-state index in [2.05, 4.69) is 0 Å². The van der Waals surface area contributed by atoms with Crippen molar-refractivity contribution >= 4 is 35.4 Å². The lowest BCUT2D eigenvalue weighted by Crippen LogP contribution is -2.37. The fraction of sp³-hybridized carbons (Fsp3) is 0.345. The van der Waals surface area contributed by atoms with Crippen LogP contribution < -0.4 is 10.6 Å². The molecular formula is C29H34N2O4. The number of Topliss-reactive ketones (excluding diaryl/α,β-unsaturated/α-hetero) is 1. The van der Waals surface area contributed by atoms with Crippen molar-refractivity contribution in [2.24, 2.45) is 17.6 Å². The van der Waals surface area contributed by atoms with Gasteiger partial charge in [-0.1, -0.05) is 49.4 Å². The Labute approximate surface area is 207 Å². The molecule has 1 aliphatic rings. The number of carbonyl (C=O) groups excluding carboxylic acids is 2. The van der Waals surface area contributed by atoms with Gasteiger partial charge in [0.15, 0.2) is 11.6 Å². The fourth-order valence-corrected chi connectivity index (χ4v) is 4.26. The Morgan fingerprint density at radius 1 is 1.09 bits per heavy atom. The summed E-state index contributed by atoms with van der Waals surface area (Å²) >= 11 is 0. The van der Waals surface area contributed by atoms with Crippen molar-refractivity contribution < 1.29 is 19.5 Å². The van der Waals surface area contributed by atoms with Crippen molar-refractivity contribution in [2.75, 3.05) is 19.0 Å². The molecule has 2 aromatic rings. The monoisotopic (exact) mass is 474 g/mol. The number of benzene rings is 2. The summed E-state index contributed by atoms with van der Waals surface area (Å²) in [6.07, 6.45) is 7.75. The molecule has 3 atom stereocenters. The molecule has 0 amide bonds. The number of nitrogens with two attached hydrogens (primary N) is 1. The molecule has 184 valence electrons. The molecule has 0 spiro atoms. The van der Waals surface area contributed by atoms with E-state index in [1.807, 2.05) is 80.5 Å². The third-order valence-electron chi connectivity index (χ3n) is 6.54. The molecule has 1 fully saturated rings. The van der Waals surface area contributed by atoms with Crippen LogP contribution in [0.4, 0.5) is 5.69 Å². The van der Waals surface area contributed by atoms with Crippen LogP contribution in [0.3, 0.4) is 0 Å². The van der Waals surface area contributed by atoms with E-state index in [0.29, 0.717) is 24.8 Å². The summed E-state index contributed by atoms with van der Waals surface area (Å²) in [5.41, 5.74) is 10.3. The second kappa shape index (κ2) is 11.8. The maximum Gasteiger partial charge on any atom is 0.320 e. The minimum atomic E-state index is -1.01. The molecule has 0 heterocycles. The molecule has 0 aliphatic heterocycles. The zero-order valence-electron chi connectivity index (χ0n) is 20.6. The summed E-state index contributed by atoms with van der Waals surface area (Å²) in [7, 11) is 3.96.